The first-order valence-corrected chi connectivity index (χ1v) is 8.06. The number of aryl methyl sites for hydroxylation is 2. The van der Waals surface area contributed by atoms with Crippen LogP contribution < -0.4 is 0 Å². The van der Waals surface area contributed by atoms with Gasteiger partial charge in [-0.2, -0.15) is 4.31 Å². The first-order chi connectivity index (χ1) is 9.54. The molecule has 0 amide bonds. The fourth-order valence-corrected chi connectivity index (χ4v) is 4.38. The van der Waals surface area contributed by atoms with Crippen molar-refractivity contribution < 1.29 is 23.4 Å². The van der Waals surface area contributed by atoms with E-state index >= 15 is 0 Å². The van der Waals surface area contributed by atoms with Gasteiger partial charge in [-0.1, -0.05) is 6.07 Å². The molecule has 1 fully saturated rings. The van der Waals surface area contributed by atoms with Gasteiger partial charge in [-0.15, -0.1) is 0 Å². The maximum absolute atomic E-state index is 12.7. The smallest absolute Gasteiger partial charge is 0.335 e. The molecule has 21 heavy (non-hydrogen) atoms. The Balaban J connectivity index is 2.51. The van der Waals surface area contributed by atoms with Gasteiger partial charge in [0.05, 0.1) is 16.1 Å². The van der Waals surface area contributed by atoms with Gasteiger partial charge in [0.25, 0.3) is 0 Å². The van der Waals surface area contributed by atoms with Crippen molar-refractivity contribution in [2.45, 2.75) is 37.7 Å². The second kappa shape index (κ2) is 5.08. The van der Waals surface area contributed by atoms with Gasteiger partial charge in [-0.3, -0.25) is 0 Å². The number of hydrogen-bond acceptors (Lipinski definition) is 4. The molecule has 0 bridgehead atoms. The number of aromatic carboxylic acids is 1. The van der Waals surface area contributed by atoms with Gasteiger partial charge in [0.15, 0.2) is 0 Å². The number of β-amino-alcohol motifs (C(OH)–C–C–N with tert-alkyl or cyclic N) is 1. The molecule has 7 heteroatoms. The van der Waals surface area contributed by atoms with E-state index in [-0.39, 0.29) is 23.5 Å². The summed E-state index contributed by atoms with van der Waals surface area (Å²) in [6.07, 6.45) is 0.364. The first-order valence-electron chi connectivity index (χ1n) is 6.62. The van der Waals surface area contributed by atoms with Crippen LogP contribution in [-0.4, -0.2) is 47.6 Å². The van der Waals surface area contributed by atoms with E-state index in [4.69, 9.17) is 5.11 Å². The van der Waals surface area contributed by atoms with E-state index < -0.39 is 21.6 Å². The minimum absolute atomic E-state index is 0.0109. The summed E-state index contributed by atoms with van der Waals surface area (Å²) >= 11 is 0. The van der Waals surface area contributed by atoms with Gasteiger partial charge in [0.1, 0.15) is 0 Å². The number of benzene rings is 1. The fraction of sp³-hybridized carbons (Fsp3) is 0.500. The number of hydrogen-bond donors (Lipinski definition) is 2. The zero-order valence-electron chi connectivity index (χ0n) is 12.3. The second-order valence-corrected chi connectivity index (χ2v) is 7.73. The van der Waals surface area contributed by atoms with E-state index in [0.29, 0.717) is 17.5 Å². The predicted octanol–water partition coefficient (Wildman–Crippen LogP) is 1.15. The van der Waals surface area contributed by atoms with Crippen LogP contribution in [0.1, 0.15) is 34.8 Å². The Morgan fingerprint density at radius 2 is 1.90 bits per heavy atom. The van der Waals surface area contributed by atoms with Crippen LogP contribution in [0.3, 0.4) is 0 Å². The maximum Gasteiger partial charge on any atom is 0.335 e. The summed E-state index contributed by atoms with van der Waals surface area (Å²) in [5, 5.41) is 19.1. The Morgan fingerprint density at radius 1 is 1.29 bits per heavy atom. The van der Waals surface area contributed by atoms with E-state index in [9.17, 15) is 18.3 Å². The minimum atomic E-state index is -3.80. The third-order valence-corrected chi connectivity index (χ3v) is 5.77. The Kier molecular flexibility index (Phi) is 3.86. The van der Waals surface area contributed by atoms with Crippen LogP contribution in [0.5, 0.6) is 0 Å². The van der Waals surface area contributed by atoms with Crippen molar-refractivity contribution in [1.82, 2.24) is 4.31 Å². The SMILES string of the molecule is Cc1cc(C)c(S(=O)(=O)N2CCC(C)(O)C2)cc1C(=O)O. The second-order valence-electron chi connectivity index (χ2n) is 5.82. The van der Waals surface area contributed by atoms with Crippen LogP contribution in [0.4, 0.5) is 0 Å². The van der Waals surface area contributed by atoms with E-state index in [1.54, 1.807) is 26.8 Å². The summed E-state index contributed by atoms with van der Waals surface area (Å²) in [7, 11) is -3.80. The first kappa shape index (κ1) is 15.9. The largest absolute Gasteiger partial charge is 0.478 e. The number of carbonyl (C=O) groups is 1. The molecule has 1 aromatic carbocycles. The van der Waals surface area contributed by atoms with Crippen LogP contribution >= 0.6 is 0 Å². The number of carboxylic acid groups (broad SMARTS) is 1. The number of nitrogens with zero attached hydrogens (tertiary/aromatic N) is 1. The van der Waals surface area contributed by atoms with Crippen molar-refractivity contribution in [2.24, 2.45) is 0 Å². The van der Waals surface area contributed by atoms with Crippen molar-refractivity contribution in [3.8, 4) is 0 Å². The summed E-state index contributed by atoms with van der Waals surface area (Å²) in [4.78, 5) is 11.2. The van der Waals surface area contributed by atoms with Gasteiger partial charge in [0.2, 0.25) is 10.0 Å². The highest BCUT2D eigenvalue weighted by atomic mass is 32.2. The summed E-state index contributed by atoms with van der Waals surface area (Å²) in [5.74, 6) is -1.16. The zero-order chi connectivity index (χ0) is 16.0. The van der Waals surface area contributed by atoms with Gasteiger partial charge < -0.3 is 10.2 Å². The molecule has 0 aliphatic carbocycles. The molecule has 1 unspecified atom stereocenters. The van der Waals surface area contributed by atoms with Crippen LogP contribution in [0.2, 0.25) is 0 Å². The fourth-order valence-electron chi connectivity index (χ4n) is 2.59. The molecule has 2 rings (SSSR count). The molecule has 0 aromatic heterocycles. The Hall–Kier alpha value is -1.44. The zero-order valence-corrected chi connectivity index (χ0v) is 13.1. The molecule has 6 nitrogen and oxygen atoms in total. The highest BCUT2D eigenvalue weighted by Crippen LogP contribution is 2.29. The molecule has 1 aliphatic rings. The third kappa shape index (κ3) is 2.95. The Labute approximate surface area is 124 Å². The molecule has 1 aromatic rings. The molecule has 1 heterocycles. The molecule has 1 saturated heterocycles. The van der Waals surface area contributed by atoms with Crippen LogP contribution in [-0.2, 0) is 10.0 Å². The number of aliphatic hydroxyl groups is 1. The monoisotopic (exact) mass is 313 g/mol. The third-order valence-electron chi connectivity index (χ3n) is 3.79. The molecule has 0 saturated carbocycles. The number of carboxylic acids is 1. The van der Waals surface area contributed by atoms with Gasteiger partial charge in [-0.05, 0) is 44.4 Å². The average molecular weight is 313 g/mol. The van der Waals surface area contributed by atoms with Crippen molar-refractivity contribution in [2.75, 3.05) is 13.1 Å². The molecule has 2 N–H and O–H groups in total. The number of sulfonamides is 1. The van der Waals surface area contributed by atoms with Crippen LogP contribution in [0, 0.1) is 13.8 Å². The molecular formula is C14H19NO5S. The highest BCUT2D eigenvalue weighted by molar-refractivity contribution is 7.89. The summed E-state index contributed by atoms with van der Waals surface area (Å²) in [6, 6.07) is 2.76. The molecule has 116 valence electrons. The van der Waals surface area contributed by atoms with Gasteiger partial charge in [-0.25, -0.2) is 13.2 Å². The minimum Gasteiger partial charge on any atom is -0.478 e. The highest BCUT2D eigenvalue weighted by Gasteiger charge is 2.39. The standard InChI is InChI=1S/C14H19NO5S/c1-9-6-10(2)12(7-11(9)13(16)17)21(19,20)15-5-4-14(3,18)8-15/h6-7,18H,4-5,8H2,1-3H3,(H,16,17). The van der Waals surface area contributed by atoms with E-state index in [2.05, 4.69) is 0 Å². The lowest BCUT2D eigenvalue weighted by atomic mass is 10.1. The Bertz CT molecular complexity index is 694. The van der Waals surface area contributed by atoms with Gasteiger partial charge in [0, 0.05) is 13.1 Å². The Morgan fingerprint density at radius 3 is 2.38 bits per heavy atom. The van der Waals surface area contributed by atoms with Crippen LogP contribution in [0.15, 0.2) is 17.0 Å². The molecular weight excluding hydrogens is 294 g/mol. The number of rotatable bonds is 3. The van der Waals surface area contributed by atoms with Crippen molar-refractivity contribution in [1.29, 1.82) is 0 Å². The summed E-state index contributed by atoms with van der Waals surface area (Å²) in [6.45, 7) is 5.11. The van der Waals surface area contributed by atoms with Crippen molar-refractivity contribution >= 4 is 16.0 Å². The molecule has 1 atom stereocenters. The summed E-state index contributed by atoms with van der Waals surface area (Å²) < 4.78 is 26.5. The lowest BCUT2D eigenvalue weighted by Crippen LogP contribution is -2.34. The molecule has 0 radical (unpaired) electrons. The van der Waals surface area contributed by atoms with E-state index in [1.807, 2.05) is 0 Å². The lowest BCUT2D eigenvalue weighted by Gasteiger charge is -2.20. The topological polar surface area (TPSA) is 94.9 Å². The maximum atomic E-state index is 12.7. The normalized spacial score (nSPS) is 23.4. The van der Waals surface area contributed by atoms with Crippen LogP contribution in [0.25, 0.3) is 0 Å². The summed E-state index contributed by atoms with van der Waals surface area (Å²) in [5.41, 5.74) is -0.0389. The average Bonchev–Trinajstić information content (AvgIpc) is 2.69. The van der Waals surface area contributed by atoms with Gasteiger partial charge >= 0.3 is 5.97 Å². The predicted molar refractivity (Wildman–Crippen MR) is 76.9 cm³/mol. The van der Waals surface area contributed by atoms with E-state index in [0.717, 1.165) is 0 Å². The molecule has 1 aliphatic heterocycles. The van der Waals surface area contributed by atoms with Crippen molar-refractivity contribution in [3.63, 3.8) is 0 Å². The van der Waals surface area contributed by atoms with E-state index in [1.165, 1.54) is 10.4 Å². The quantitative estimate of drug-likeness (QED) is 0.873. The lowest BCUT2D eigenvalue weighted by molar-refractivity contribution is 0.0694. The molecule has 0 spiro atoms. The van der Waals surface area contributed by atoms with Crippen molar-refractivity contribution in [3.05, 3.63) is 28.8 Å².